The molecule has 120 valence electrons. The molecule has 2 aromatic rings. The quantitative estimate of drug-likeness (QED) is 0.771. The van der Waals surface area contributed by atoms with Crippen molar-refractivity contribution < 1.29 is 9.53 Å². The number of para-hydroxylation sites is 1. The first-order valence-electron chi connectivity index (χ1n) is 8.00. The molecule has 1 aromatic carbocycles. The maximum absolute atomic E-state index is 12.1. The molecule has 1 aliphatic heterocycles. The zero-order chi connectivity index (χ0) is 15.9. The van der Waals surface area contributed by atoms with E-state index in [9.17, 15) is 4.79 Å². The van der Waals surface area contributed by atoms with Crippen LogP contribution < -0.4 is 15.4 Å². The molecule has 0 saturated carbocycles. The molecule has 2 N–H and O–H groups in total. The fourth-order valence-electron chi connectivity index (χ4n) is 2.59. The number of anilines is 1. The topological polar surface area (TPSA) is 63.2 Å². The van der Waals surface area contributed by atoms with Gasteiger partial charge >= 0.3 is 0 Å². The zero-order valence-electron chi connectivity index (χ0n) is 13.0. The van der Waals surface area contributed by atoms with Gasteiger partial charge in [-0.15, -0.1) is 0 Å². The molecule has 0 saturated heterocycles. The number of amides is 1. The molecule has 0 bridgehead atoms. The van der Waals surface area contributed by atoms with E-state index in [4.69, 9.17) is 4.74 Å². The van der Waals surface area contributed by atoms with E-state index in [0.717, 1.165) is 36.5 Å². The minimum atomic E-state index is -0.390. The summed E-state index contributed by atoms with van der Waals surface area (Å²) in [6, 6.07) is 13.6. The standard InChI is InChI=1S/C18H21N3O2/c22-18(16-13-14-7-1-2-8-15(14)23-16)21-12-6-5-11-20-17-9-3-4-10-19-17/h1-4,7-10,16H,5-6,11-13H2,(H,19,20)(H,21,22). The fraction of sp³-hybridized carbons (Fsp3) is 0.333. The van der Waals surface area contributed by atoms with E-state index < -0.39 is 0 Å². The van der Waals surface area contributed by atoms with Crippen LogP contribution in [0.3, 0.4) is 0 Å². The van der Waals surface area contributed by atoms with Crippen LogP contribution in [-0.4, -0.2) is 30.1 Å². The van der Waals surface area contributed by atoms with Gasteiger partial charge in [-0.1, -0.05) is 24.3 Å². The zero-order valence-corrected chi connectivity index (χ0v) is 13.0. The molecule has 1 unspecified atom stereocenters. The first kappa shape index (κ1) is 15.3. The molecule has 1 aromatic heterocycles. The van der Waals surface area contributed by atoms with Gasteiger partial charge in [-0.25, -0.2) is 4.98 Å². The van der Waals surface area contributed by atoms with Gasteiger partial charge in [-0.3, -0.25) is 4.79 Å². The largest absolute Gasteiger partial charge is 0.480 e. The summed E-state index contributed by atoms with van der Waals surface area (Å²) in [5, 5.41) is 6.20. The van der Waals surface area contributed by atoms with Gasteiger partial charge in [-0.05, 0) is 36.6 Å². The number of rotatable bonds is 7. The molecular weight excluding hydrogens is 290 g/mol. The Morgan fingerprint density at radius 1 is 1.13 bits per heavy atom. The Bertz CT molecular complexity index is 621. The van der Waals surface area contributed by atoms with Crippen LogP contribution >= 0.6 is 0 Å². The van der Waals surface area contributed by atoms with Crippen LogP contribution in [0.15, 0.2) is 48.7 Å². The van der Waals surface area contributed by atoms with Gasteiger partial charge in [0.1, 0.15) is 11.6 Å². The molecule has 2 heterocycles. The Morgan fingerprint density at radius 3 is 2.78 bits per heavy atom. The maximum Gasteiger partial charge on any atom is 0.261 e. The lowest BCUT2D eigenvalue weighted by Gasteiger charge is -2.11. The summed E-state index contributed by atoms with van der Waals surface area (Å²) in [5.41, 5.74) is 1.10. The van der Waals surface area contributed by atoms with Crippen molar-refractivity contribution in [3.8, 4) is 5.75 Å². The van der Waals surface area contributed by atoms with E-state index in [0.29, 0.717) is 13.0 Å². The van der Waals surface area contributed by atoms with Crippen LogP contribution in [0.4, 0.5) is 5.82 Å². The van der Waals surface area contributed by atoms with E-state index in [1.54, 1.807) is 6.20 Å². The smallest absolute Gasteiger partial charge is 0.261 e. The number of hydrogen-bond donors (Lipinski definition) is 2. The summed E-state index contributed by atoms with van der Waals surface area (Å²) < 4.78 is 5.67. The summed E-state index contributed by atoms with van der Waals surface area (Å²) in [4.78, 5) is 16.3. The number of unbranched alkanes of at least 4 members (excludes halogenated alkanes) is 1. The normalized spacial score (nSPS) is 15.6. The number of nitrogens with one attached hydrogen (secondary N) is 2. The number of carbonyl (C=O) groups excluding carboxylic acids is 1. The molecule has 1 aliphatic rings. The molecular formula is C18H21N3O2. The average Bonchev–Trinajstić information content (AvgIpc) is 3.03. The second kappa shape index (κ2) is 7.63. The molecule has 5 heteroatoms. The first-order chi connectivity index (χ1) is 11.3. The van der Waals surface area contributed by atoms with Gasteiger partial charge in [0, 0.05) is 25.7 Å². The van der Waals surface area contributed by atoms with Crippen molar-refractivity contribution in [2.75, 3.05) is 18.4 Å². The lowest BCUT2D eigenvalue weighted by Crippen LogP contribution is -2.37. The van der Waals surface area contributed by atoms with Crippen molar-refractivity contribution >= 4 is 11.7 Å². The maximum atomic E-state index is 12.1. The third-order valence-electron chi connectivity index (χ3n) is 3.81. The van der Waals surface area contributed by atoms with Crippen LogP contribution in [-0.2, 0) is 11.2 Å². The Labute approximate surface area is 136 Å². The van der Waals surface area contributed by atoms with Gasteiger partial charge in [0.15, 0.2) is 6.10 Å². The van der Waals surface area contributed by atoms with Gasteiger partial charge in [0.2, 0.25) is 0 Å². The number of pyridine rings is 1. The molecule has 23 heavy (non-hydrogen) atoms. The van der Waals surface area contributed by atoms with Crippen molar-refractivity contribution in [1.29, 1.82) is 0 Å². The Balaban J connectivity index is 1.30. The van der Waals surface area contributed by atoms with Gasteiger partial charge in [0.05, 0.1) is 0 Å². The summed E-state index contributed by atoms with van der Waals surface area (Å²) >= 11 is 0. The summed E-state index contributed by atoms with van der Waals surface area (Å²) in [7, 11) is 0. The van der Waals surface area contributed by atoms with Crippen molar-refractivity contribution in [1.82, 2.24) is 10.3 Å². The van der Waals surface area contributed by atoms with Gasteiger partial charge < -0.3 is 15.4 Å². The second-order valence-corrected chi connectivity index (χ2v) is 5.56. The lowest BCUT2D eigenvalue weighted by molar-refractivity contribution is -0.127. The second-order valence-electron chi connectivity index (χ2n) is 5.56. The Morgan fingerprint density at radius 2 is 1.96 bits per heavy atom. The fourth-order valence-corrected chi connectivity index (χ4v) is 2.59. The number of benzene rings is 1. The van der Waals surface area contributed by atoms with Crippen LogP contribution in [0.1, 0.15) is 18.4 Å². The van der Waals surface area contributed by atoms with E-state index in [-0.39, 0.29) is 12.0 Å². The van der Waals surface area contributed by atoms with Gasteiger partial charge in [0.25, 0.3) is 5.91 Å². The van der Waals surface area contributed by atoms with E-state index in [2.05, 4.69) is 15.6 Å². The highest BCUT2D eigenvalue weighted by molar-refractivity contribution is 5.82. The number of fused-ring (bicyclic) bond motifs is 1. The molecule has 0 aliphatic carbocycles. The van der Waals surface area contributed by atoms with Crippen molar-refractivity contribution in [2.45, 2.75) is 25.4 Å². The summed E-state index contributed by atoms with van der Waals surface area (Å²) in [6.45, 7) is 1.51. The summed E-state index contributed by atoms with van der Waals surface area (Å²) in [6.07, 6.45) is 3.93. The van der Waals surface area contributed by atoms with Crippen LogP contribution in [0, 0.1) is 0 Å². The highest BCUT2D eigenvalue weighted by Gasteiger charge is 2.28. The van der Waals surface area contributed by atoms with Crippen molar-refractivity contribution in [3.05, 3.63) is 54.2 Å². The van der Waals surface area contributed by atoms with Crippen molar-refractivity contribution in [2.24, 2.45) is 0 Å². The number of nitrogens with zero attached hydrogens (tertiary/aromatic N) is 1. The highest BCUT2D eigenvalue weighted by Crippen LogP contribution is 2.28. The van der Waals surface area contributed by atoms with E-state index in [1.165, 1.54) is 0 Å². The molecule has 0 spiro atoms. The van der Waals surface area contributed by atoms with Crippen LogP contribution in [0.25, 0.3) is 0 Å². The van der Waals surface area contributed by atoms with E-state index in [1.807, 2.05) is 42.5 Å². The minimum absolute atomic E-state index is 0.0288. The van der Waals surface area contributed by atoms with Crippen LogP contribution in [0.2, 0.25) is 0 Å². The molecule has 0 radical (unpaired) electrons. The van der Waals surface area contributed by atoms with Gasteiger partial charge in [-0.2, -0.15) is 0 Å². The summed E-state index contributed by atoms with van der Waals surface area (Å²) in [5.74, 6) is 1.68. The molecule has 0 fully saturated rings. The Kier molecular flexibility index (Phi) is 5.09. The average molecular weight is 311 g/mol. The third kappa shape index (κ3) is 4.22. The number of carbonyl (C=O) groups is 1. The predicted molar refractivity (Wildman–Crippen MR) is 89.5 cm³/mol. The third-order valence-corrected chi connectivity index (χ3v) is 3.81. The molecule has 1 amide bonds. The van der Waals surface area contributed by atoms with E-state index >= 15 is 0 Å². The monoisotopic (exact) mass is 311 g/mol. The molecule has 1 atom stereocenters. The lowest BCUT2D eigenvalue weighted by atomic mass is 10.1. The number of hydrogen-bond acceptors (Lipinski definition) is 4. The Hall–Kier alpha value is -2.56. The predicted octanol–water partition coefficient (Wildman–Crippen LogP) is 2.39. The van der Waals surface area contributed by atoms with Crippen LogP contribution in [0.5, 0.6) is 5.75 Å². The number of aromatic nitrogens is 1. The SMILES string of the molecule is O=C(NCCCCNc1ccccn1)C1Cc2ccccc2O1. The first-order valence-corrected chi connectivity index (χ1v) is 8.00. The highest BCUT2D eigenvalue weighted by atomic mass is 16.5. The number of ether oxygens (including phenoxy) is 1. The van der Waals surface area contributed by atoms with Crippen molar-refractivity contribution in [3.63, 3.8) is 0 Å². The molecule has 5 nitrogen and oxygen atoms in total. The minimum Gasteiger partial charge on any atom is -0.480 e. The molecule has 3 rings (SSSR count).